The Morgan fingerprint density at radius 1 is 1.00 bits per heavy atom. The molecule has 0 spiro atoms. The smallest absolute Gasteiger partial charge is 0.00103 e. The van der Waals surface area contributed by atoms with Crippen LogP contribution in [0.25, 0.3) is 0 Å². The minimum atomic E-state index is 0.524. The molecule has 0 aromatic rings. The first-order valence-corrected chi connectivity index (χ1v) is 6.74. The second-order valence-electron chi connectivity index (χ2n) is 6.66. The highest BCUT2D eigenvalue weighted by Crippen LogP contribution is 2.67. The highest BCUT2D eigenvalue weighted by atomic mass is 14.9. The van der Waals surface area contributed by atoms with Gasteiger partial charge in [0.25, 0.3) is 0 Å². The molecule has 0 bridgehead atoms. The van der Waals surface area contributed by atoms with Gasteiger partial charge in [0, 0.05) is 6.04 Å². The van der Waals surface area contributed by atoms with Crippen molar-refractivity contribution in [2.75, 3.05) is 19.6 Å². The largest absolute Gasteiger partial charge is 0.316 e. The predicted molar refractivity (Wildman–Crippen MR) is 71.7 cm³/mol. The summed E-state index contributed by atoms with van der Waals surface area (Å²) in [6.45, 7) is 17.4. The molecular formula is C14H30N2. The normalized spacial score (nSPS) is 22.7. The third-order valence-electron chi connectivity index (χ3n) is 4.75. The van der Waals surface area contributed by atoms with E-state index in [2.05, 4.69) is 52.2 Å². The quantitative estimate of drug-likeness (QED) is 0.652. The molecule has 2 N–H and O–H groups in total. The number of hydrogen-bond acceptors (Lipinski definition) is 2. The Balaban J connectivity index is 2.02. The molecule has 0 aromatic heterocycles. The molecule has 1 fully saturated rings. The molecule has 0 aromatic carbocycles. The number of hydrogen-bond donors (Lipinski definition) is 2. The van der Waals surface area contributed by atoms with Crippen molar-refractivity contribution < 1.29 is 0 Å². The summed E-state index contributed by atoms with van der Waals surface area (Å²) in [6.07, 6.45) is 1.23. The van der Waals surface area contributed by atoms with Crippen molar-refractivity contribution in [2.24, 2.45) is 16.7 Å². The van der Waals surface area contributed by atoms with E-state index in [1.165, 1.54) is 13.0 Å². The third kappa shape index (κ3) is 2.98. The molecule has 1 saturated carbocycles. The van der Waals surface area contributed by atoms with Crippen LogP contribution in [0.3, 0.4) is 0 Å². The summed E-state index contributed by atoms with van der Waals surface area (Å²) in [6, 6.07) is 0.612. The van der Waals surface area contributed by atoms with Crippen molar-refractivity contribution in [1.82, 2.24) is 10.6 Å². The zero-order valence-electron chi connectivity index (χ0n) is 12.0. The SMILES string of the molecule is CC(C)NCCCNCC1C(C)(C)C1(C)C. The topological polar surface area (TPSA) is 24.1 Å². The second-order valence-corrected chi connectivity index (χ2v) is 6.66. The van der Waals surface area contributed by atoms with Crippen molar-refractivity contribution in [3.8, 4) is 0 Å². The van der Waals surface area contributed by atoms with Gasteiger partial charge in [0.1, 0.15) is 0 Å². The van der Waals surface area contributed by atoms with Gasteiger partial charge in [-0.2, -0.15) is 0 Å². The van der Waals surface area contributed by atoms with Crippen LogP contribution in [0.15, 0.2) is 0 Å². The van der Waals surface area contributed by atoms with Crippen molar-refractivity contribution in [2.45, 2.75) is 54.0 Å². The number of rotatable bonds is 7. The van der Waals surface area contributed by atoms with Crippen molar-refractivity contribution >= 4 is 0 Å². The summed E-state index contributed by atoms with van der Waals surface area (Å²) in [5.74, 6) is 0.845. The average molecular weight is 226 g/mol. The second kappa shape index (κ2) is 5.05. The Bertz CT molecular complexity index is 205. The summed E-state index contributed by atoms with van der Waals surface area (Å²) in [5.41, 5.74) is 1.05. The van der Waals surface area contributed by atoms with E-state index >= 15 is 0 Å². The summed E-state index contributed by atoms with van der Waals surface area (Å²) in [5, 5.41) is 7.03. The zero-order valence-corrected chi connectivity index (χ0v) is 12.0. The van der Waals surface area contributed by atoms with E-state index < -0.39 is 0 Å². The first-order chi connectivity index (χ1) is 7.30. The molecule has 0 aliphatic heterocycles. The first-order valence-electron chi connectivity index (χ1n) is 6.74. The first kappa shape index (κ1) is 14.0. The van der Waals surface area contributed by atoms with Crippen LogP contribution in [0.4, 0.5) is 0 Å². The number of nitrogens with one attached hydrogen (secondary N) is 2. The van der Waals surface area contributed by atoms with Crippen LogP contribution in [-0.2, 0) is 0 Å². The molecular weight excluding hydrogens is 196 g/mol. The lowest BCUT2D eigenvalue weighted by atomic mass is 10.0. The van der Waals surface area contributed by atoms with Crippen LogP contribution >= 0.6 is 0 Å². The molecule has 2 nitrogen and oxygen atoms in total. The summed E-state index contributed by atoms with van der Waals surface area (Å²) in [7, 11) is 0. The molecule has 0 amide bonds. The maximum absolute atomic E-state index is 3.59. The van der Waals surface area contributed by atoms with Gasteiger partial charge in [0.2, 0.25) is 0 Å². The maximum Gasteiger partial charge on any atom is 0.00103 e. The fourth-order valence-corrected chi connectivity index (χ4v) is 2.69. The molecule has 1 aliphatic carbocycles. The van der Waals surface area contributed by atoms with E-state index in [1.54, 1.807) is 0 Å². The van der Waals surface area contributed by atoms with Crippen LogP contribution in [0.5, 0.6) is 0 Å². The maximum atomic E-state index is 3.59. The lowest BCUT2D eigenvalue weighted by molar-refractivity contribution is 0.457. The lowest BCUT2D eigenvalue weighted by Crippen LogP contribution is -2.28. The molecule has 0 saturated heterocycles. The van der Waals surface area contributed by atoms with Gasteiger partial charge in [-0.1, -0.05) is 41.5 Å². The highest BCUT2D eigenvalue weighted by Gasteiger charge is 2.63. The molecule has 1 aliphatic rings. The Labute approximate surface area is 102 Å². The molecule has 0 atom stereocenters. The van der Waals surface area contributed by atoms with E-state index in [0.717, 1.165) is 19.0 Å². The Morgan fingerprint density at radius 3 is 2.00 bits per heavy atom. The van der Waals surface area contributed by atoms with E-state index in [0.29, 0.717) is 16.9 Å². The Hall–Kier alpha value is -0.0800. The monoisotopic (exact) mass is 226 g/mol. The van der Waals surface area contributed by atoms with Gasteiger partial charge in [-0.05, 0) is 42.8 Å². The van der Waals surface area contributed by atoms with Gasteiger partial charge in [-0.3, -0.25) is 0 Å². The van der Waals surface area contributed by atoms with Crippen LogP contribution in [0.1, 0.15) is 48.0 Å². The van der Waals surface area contributed by atoms with Crippen LogP contribution in [-0.4, -0.2) is 25.7 Å². The Kier molecular flexibility index (Phi) is 4.42. The fourth-order valence-electron chi connectivity index (χ4n) is 2.69. The van der Waals surface area contributed by atoms with Crippen LogP contribution < -0.4 is 10.6 Å². The molecule has 1 rings (SSSR count). The van der Waals surface area contributed by atoms with Crippen molar-refractivity contribution in [3.63, 3.8) is 0 Å². The molecule has 96 valence electrons. The van der Waals surface area contributed by atoms with Gasteiger partial charge in [0.05, 0.1) is 0 Å². The minimum absolute atomic E-state index is 0.524. The lowest BCUT2D eigenvalue weighted by Gasteiger charge is -2.09. The summed E-state index contributed by atoms with van der Waals surface area (Å²) >= 11 is 0. The average Bonchev–Trinajstić information content (AvgIpc) is 2.52. The van der Waals surface area contributed by atoms with Gasteiger partial charge < -0.3 is 10.6 Å². The zero-order chi connectivity index (χ0) is 12.4. The molecule has 16 heavy (non-hydrogen) atoms. The third-order valence-corrected chi connectivity index (χ3v) is 4.75. The van der Waals surface area contributed by atoms with E-state index in [9.17, 15) is 0 Å². The predicted octanol–water partition coefficient (Wildman–Crippen LogP) is 2.65. The van der Waals surface area contributed by atoms with Gasteiger partial charge in [-0.15, -0.1) is 0 Å². The van der Waals surface area contributed by atoms with Gasteiger partial charge in [-0.25, -0.2) is 0 Å². The Morgan fingerprint density at radius 2 is 1.56 bits per heavy atom. The fraction of sp³-hybridized carbons (Fsp3) is 1.00. The molecule has 2 heteroatoms. The summed E-state index contributed by atoms with van der Waals surface area (Å²) in [4.78, 5) is 0. The van der Waals surface area contributed by atoms with E-state index in [-0.39, 0.29) is 0 Å². The minimum Gasteiger partial charge on any atom is -0.316 e. The van der Waals surface area contributed by atoms with E-state index in [4.69, 9.17) is 0 Å². The van der Waals surface area contributed by atoms with E-state index in [1.807, 2.05) is 0 Å². The van der Waals surface area contributed by atoms with Crippen molar-refractivity contribution in [3.05, 3.63) is 0 Å². The van der Waals surface area contributed by atoms with Crippen LogP contribution in [0.2, 0.25) is 0 Å². The highest BCUT2D eigenvalue weighted by molar-refractivity contribution is 5.12. The van der Waals surface area contributed by atoms with Gasteiger partial charge >= 0.3 is 0 Å². The molecule has 0 unspecified atom stereocenters. The standard InChI is InChI=1S/C14H30N2/c1-11(2)16-9-7-8-15-10-12-13(3,4)14(12,5)6/h11-12,15-16H,7-10H2,1-6H3. The van der Waals surface area contributed by atoms with Gasteiger partial charge in [0.15, 0.2) is 0 Å². The van der Waals surface area contributed by atoms with Crippen LogP contribution in [0, 0.1) is 16.7 Å². The molecule has 0 heterocycles. The summed E-state index contributed by atoms with van der Waals surface area (Å²) < 4.78 is 0. The van der Waals surface area contributed by atoms with Crippen molar-refractivity contribution in [1.29, 1.82) is 0 Å². The molecule has 0 radical (unpaired) electrons.